The van der Waals surface area contributed by atoms with Gasteiger partial charge in [-0.1, -0.05) is 17.7 Å². The molecule has 1 fully saturated rings. The maximum Gasteiger partial charge on any atom is 0.337 e. The molecule has 0 spiro atoms. The van der Waals surface area contributed by atoms with Gasteiger partial charge in [-0.3, -0.25) is 4.90 Å². The van der Waals surface area contributed by atoms with E-state index >= 15 is 0 Å². The normalized spacial score (nSPS) is 16.6. The predicted octanol–water partition coefficient (Wildman–Crippen LogP) is 2.63. The maximum absolute atomic E-state index is 10.8. The molecule has 0 saturated carbocycles. The lowest BCUT2D eigenvalue weighted by Crippen LogP contribution is -2.18. The summed E-state index contributed by atoms with van der Waals surface area (Å²) in [6.07, 6.45) is 2.50. The fraction of sp³-hybridized carbons (Fsp3) is 0.417. The minimum Gasteiger partial charge on any atom is -0.478 e. The number of halogens is 1. The van der Waals surface area contributed by atoms with Gasteiger partial charge >= 0.3 is 5.97 Å². The smallest absolute Gasteiger partial charge is 0.337 e. The molecule has 0 aliphatic carbocycles. The highest BCUT2D eigenvalue weighted by Crippen LogP contribution is 2.20. The molecule has 0 bridgehead atoms. The van der Waals surface area contributed by atoms with E-state index in [2.05, 4.69) is 4.90 Å². The van der Waals surface area contributed by atoms with Gasteiger partial charge in [-0.25, -0.2) is 4.79 Å². The average molecular weight is 240 g/mol. The number of hydrogen-bond donors (Lipinski definition) is 1. The van der Waals surface area contributed by atoms with Crippen molar-refractivity contribution in [1.82, 2.24) is 4.90 Å². The number of nitrogens with zero attached hydrogens (tertiary/aromatic N) is 1. The highest BCUT2D eigenvalue weighted by Gasteiger charge is 2.13. The van der Waals surface area contributed by atoms with Crippen molar-refractivity contribution in [1.29, 1.82) is 0 Å². The van der Waals surface area contributed by atoms with E-state index in [4.69, 9.17) is 16.7 Å². The number of rotatable bonds is 3. The van der Waals surface area contributed by atoms with Crippen molar-refractivity contribution in [3.63, 3.8) is 0 Å². The van der Waals surface area contributed by atoms with Crippen LogP contribution in [0, 0.1) is 0 Å². The van der Waals surface area contributed by atoms with Gasteiger partial charge in [-0.05, 0) is 43.6 Å². The summed E-state index contributed by atoms with van der Waals surface area (Å²) >= 11 is 5.91. The van der Waals surface area contributed by atoms with Crippen LogP contribution in [0.15, 0.2) is 18.2 Å². The summed E-state index contributed by atoms with van der Waals surface area (Å²) in [5, 5.41) is 9.17. The van der Waals surface area contributed by atoms with Gasteiger partial charge in [0.2, 0.25) is 0 Å². The average Bonchev–Trinajstić information content (AvgIpc) is 2.70. The summed E-state index contributed by atoms with van der Waals surface area (Å²) in [6.45, 7) is 3.11. The molecule has 0 radical (unpaired) electrons. The van der Waals surface area contributed by atoms with Crippen LogP contribution in [0.5, 0.6) is 0 Å². The molecule has 1 aromatic carbocycles. The van der Waals surface area contributed by atoms with Crippen molar-refractivity contribution in [2.75, 3.05) is 13.1 Å². The van der Waals surface area contributed by atoms with E-state index in [9.17, 15) is 4.79 Å². The highest BCUT2D eigenvalue weighted by atomic mass is 35.5. The molecule has 2 rings (SSSR count). The predicted molar refractivity (Wildman–Crippen MR) is 62.9 cm³/mol. The van der Waals surface area contributed by atoms with Crippen LogP contribution in [0.3, 0.4) is 0 Å². The fourth-order valence-corrected chi connectivity index (χ4v) is 2.31. The first-order chi connectivity index (χ1) is 7.66. The zero-order valence-corrected chi connectivity index (χ0v) is 9.70. The Morgan fingerprint density at radius 1 is 1.38 bits per heavy atom. The third-order valence-electron chi connectivity index (χ3n) is 2.87. The first-order valence-electron chi connectivity index (χ1n) is 5.41. The van der Waals surface area contributed by atoms with Crippen LogP contribution in [0.2, 0.25) is 5.02 Å². The number of carboxylic acid groups (broad SMARTS) is 1. The molecule has 1 heterocycles. The molecule has 3 nitrogen and oxygen atoms in total. The van der Waals surface area contributed by atoms with Crippen LogP contribution in [0.25, 0.3) is 0 Å². The Bertz CT molecular complexity index is 400. The van der Waals surface area contributed by atoms with Crippen molar-refractivity contribution in [3.05, 3.63) is 34.3 Å². The summed E-state index contributed by atoms with van der Waals surface area (Å²) in [5.41, 5.74) is 1.25. The van der Waals surface area contributed by atoms with E-state index in [0.717, 1.165) is 25.2 Å². The number of hydrogen-bond acceptors (Lipinski definition) is 2. The molecule has 1 saturated heterocycles. The fourth-order valence-electron chi connectivity index (χ4n) is 2.03. The zero-order chi connectivity index (χ0) is 11.5. The summed E-state index contributed by atoms with van der Waals surface area (Å²) < 4.78 is 0. The van der Waals surface area contributed by atoms with E-state index in [1.165, 1.54) is 12.8 Å². The van der Waals surface area contributed by atoms with Crippen molar-refractivity contribution < 1.29 is 9.90 Å². The molecule has 0 atom stereocenters. The third-order valence-corrected chi connectivity index (χ3v) is 3.18. The van der Waals surface area contributed by atoms with Crippen molar-refractivity contribution in [3.8, 4) is 0 Å². The largest absolute Gasteiger partial charge is 0.478 e. The lowest BCUT2D eigenvalue weighted by molar-refractivity contribution is 0.0697. The summed E-state index contributed by atoms with van der Waals surface area (Å²) in [7, 11) is 0. The van der Waals surface area contributed by atoms with Gasteiger partial charge < -0.3 is 5.11 Å². The Morgan fingerprint density at radius 2 is 2.06 bits per heavy atom. The lowest BCUT2D eigenvalue weighted by Gasteiger charge is -2.14. The molecule has 1 aromatic rings. The lowest BCUT2D eigenvalue weighted by atomic mass is 10.1. The van der Waals surface area contributed by atoms with E-state index in [0.29, 0.717) is 5.02 Å². The zero-order valence-electron chi connectivity index (χ0n) is 8.95. The quantitative estimate of drug-likeness (QED) is 0.882. The van der Waals surface area contributed by atoms with Crippen molar-refractivity contribution >= 4 is 17.6 Å². The summed E-state index contributed by atoms with van der Waals surface area (Å²) in [6, 6.07) is 5.17. The molecule has 1 aliphatic heterocycles. The molecule has 1 aliphatic rings. The van der Waals surface area contributed by atoms with E-state index in [1.54, 1.807) is 12.1 Å². The van der Waals surface area contributed by atoms with Crippen LogP contribution in [-0.4, -0.2) is 29.1 Å². The van der Waals surface area contributed by atoms with Gasteiger partial charge in [-0.2, -0.15) is 0 Å². The van der Waals surface area contributed by atoms with Crippen LogP contribution in [-0.2, 0) is 6.54 Å². The first-order valence-corrected chi connectivity index (χ1v) is 5.78. The molecular weight excluding hydrogens is 226 g/mol. The first kappa shape index (κ1) is 11.4. The second-order valence-corrected chi connectivity index (χ2v) is 4.51. The molecule has 16 heavy (non-hydrogen) atoms. The Labute approximate surface area is 99.6 Å². The second-order valence-electron chi connectivity index (χ2n) is 4.10. The van der Waals surface area contributed by atoms with Crippen molar-refractivity contribution in [2.45, 2.75) is 19.4 Å². The SMILES string of the molecule is O=C(O)c1ccc(CN2CCCC2)cc1Cl. The maximum atomic E-state index is 10.8. The topological polar surface area (TPSA) is 40.5 Å². The highest BCUT2D eigenvalue weighted by molar-refractivity contribution is 6.33. The molecular formula is C12H14ClNO2. The van der Waals surface area contributed by atoms with Crippen LogP contribution < -0.4 is 0 Å². The number of aromatic carboxylic acids is 1. The molecule has 0 aromatic heterocycles. The van der Waals surface area contributed by atoms with Gasteiger partial charge in [0, 0.05) is 6.54 Å². The van der Waals surface area contributed by atoms with Gasteiger partial charge in [-0.15, -0.1) is 0 Å². The summed E-state index contributed by atoms with van der Waals surface area (Å²) in [4.78, 5) is 13.1. The van der Waals surface area contributed by atoms with Crippen LogP contribution in [0.1, 0.15) is 28.8 Å². The molecule has 0 amide bonds. The number of carbonyl (C=O) groups is 1. The third kappa shape index (κ3) is 2.54. The van der Waals surface area contributed by atoms with Crippen LogP contribution in [0.4, 0.5) is 0 Å². The number of likely N-dealkylation sites (tertiary alicyclic amines) is 1. The molecule has 86 valence electrons. The molecule has 4 heteroatoms. The van der Waals surface area contributed by atoms with Crippen molar-refractivity contribution in [2.24, 2.45) is 0 Å². The van der Waals surface area contributed by atoms with Gasteiger partial charge in [0.1, 0.15) is 0 Å². The van der Waals surface area contributed by atoms with E-state index in [-0.39, 0.29) is 5.56 Å². The Morgan fingerprint density at radius 3 is 2.62 bits per heavy atom. The Hall–Kier alpha value is -1.06. The van der Waals surface area contributed by atoms with Gasteiger partial charge in [0.15, 0.2) is 0 Å². The molecule has 0 unspecified atom stereocenters. The standard InChI is InChI=1S/C12H14ClNO2/c13-11-7-9(3-4-10(11)12(15)16)8-14-5-1-2-6-14/h3-4,7H,1-2,5-6,8H2,(H,15,16). The second kappa shape index (κ2) is 4.85. The van der Waals surface area contributed by atoms with Gasteiger partial charge in [0.05, 0.1) is 10.6 Å². The minimum absolute atomic E-state index is 0.173. The summed E-state index contributed by atoms with van der Waals surface area (Å²) in [5.74, 6) is -0.974. The monoisotopic (exact) mass is 239 g/mol. The van der Waals surface area contributed by atoms with Gasteiger partial charge in [0.25, 0.3) is 0 Å². The van der Waals surface area contributed by atoms with E-state index < -0.39 is 5.97 Å². The van der Waals surface area contributed by atoms with E-state index in [1.807, 2.05) is 6.07 Å². The Kier molecular flexibility index (Phi) is 3.46. The minimum atomic E-state index is -0.974. The van der Waals surface area contributed by atoms with Crippen LogP contribution >= 0.6 is 11.6 Å². The Balaban J connectivity index is 2.11. The number of benzene rings is 1. The molecule has 1 N–H and O–H groups in total. The number of carboxylic acids is 1.